The zero-order valence-electron chi connectivity index (χ0n) is 15.7. The molecule has 0 aliphatic heterocycles. The predicted octanol–water partition coefficient (Wildman–Crippen LogP) is 6.65. The molecule has 0 amide bonds. The van der Waals surface area contributed by atoms with Crippen LogP contribution in [0.15, 0.2) is 54.6 Å². The van der Waals surface area contributed by atoms with Crippen LogP contribution in [0.3, 0.4) is 0 Å². The van der Waals surface area contributed by atoms with E-state index in [0.717, 1.165) is 37.7 Å². The second-order valence-electron chi connectivity index (χ2n) is 7.10. The van der Waals surface area contributed by atoms with Gasteiger partial charge in [0.2, 0.25) is 0 Å². The van der Waals surface area contributed by atoms with E-state index in [4.69, 9.17) is 0 Å². The summed E-state index contributed by atoms with van der Waals surface area (Å²) in [5.41, 5.74) is 6.08. The van der Waals surface area contributed by atoms with Gasteiger partial charge in [0.25, 0.3) is 0 Å². The van der Waals surface area contributed by atoms with Gasteiger partial charge in [0.05, 0.1) is 0 Å². The lowest BCUT2D eigenvalue weighted by atomic mass is 9.86. The molecule has 2 nitrogen and oxygen atoms in total. The number of hydrogen-bond donors (Lipinski definition) is 2. The van der Waals surface area contributed by atoms with Gasteiger partial charge in [-0.2, -0.15) is 0 Å². The lowest BCUT2D eigenvalue weighted by Crippen LogP contribution is -2.00. The Bertz CT molecular complexity index is 813. The van der Waals surface area contributed by atoms with Gasteiger partial charge in [-0.3, -0.25) is 0 Å². The van der Waals surface area contributed by atoms with E-state index in [1.165, 1.54) is 22.3 Å². The molecule has 2 aromatic rings. The molecular formula is C24H28O2. The topological polar surface area (TPSA) is 40.5 Å². The van der Waals surface area contributed by atoms with Gasteiger partial charge in [0.1, 0.15) is 11.5 Å². The molecule has 136 valence electrons. The largest absolute Gasteiger partial charge is 0.508 e. The van der Waals surface area contributed by atoms with Crippen molar-refractivity contribution in [3.63, 3.8) is 0 Å². The van der Waals surface area contributed by atoms with Crippen molar-refractivity contribution in [1.29, 1.82) is 0 Å². The van der Waals surface area contributed by atoms with Crippen molar-refractivity contribution in [2.45, 2.75) is 51.9 Å². The van der Waals surface area contributed by atoms with E-state index in [1.807, 2.05) is 24.3 Å². The van der Waals surface area contributed by atoms with Crippen LogP contribution in [0.4, 0.5) is 0 Å². The van der Waals surface area contributed by atoms with E-state index in [1.54, 1.807) is 12.1 Å². The van der Waals surface area contributed by atoms with Crippen LogP contribution in [0.1, 0.15) is 68.6 Å². The Hall–Kier alpha value is -2.48. The van der Waals surface area contributed by atoms with Gasteiger partial charge in [-0.1, -0.05) is 50.6 Å². The highest BCUT2D eigenvalue weighted by molar-refractivity contribution is 5.78. The van der Waals surface area contributed by atoms with Gasteiger partial charge in [-0.25, -0.2) is 0 Å². The molecule has 0 saturated carbocycles. The van der Waals surface area contributed by atoms with Crippen molar-refractivity contribution in [3.8, 4) is 11.5 Å². The summed E-state index contributed by atoms with van der Waals surface area (Å²) in [5.74, 6) is 1.15. The maximum atomic E-state index is 10.3. The van der Waals surface area contributed by atoms with Crippen molar-refractivity contribution in [2.24, 2.45) is 0 Å². The van der Waals surface area contributed by atoms with Gasteiger partial charge >= 0.3 is 0 Å². The summed E-state index contributed by atoms with van der Waals surface area (Å²) in [6, 6.07) is 13.5. The number of rotatable bonds is 6. The van der Waals surface area contributed by atoms with Gasteiger partial charge in [0.15, 0.2) is 0 Å². The highest BCUT2D eigenvalue weighted by Crippen LogP contribution is 2.37. The molecule has 0 spiro atoms. The molecule has 0 fully saturated rings. The summed E-state index contributed by atoms with van der Waals surface area (Å²) < 4.78 is 0. The molecule has 0 aromatic heterocycles. The molecule has 2 heteroatoms. The van der Waals surface area contributed by atoms with E-state index < -0.39 is 0 Å². The molecule has 1 atom stereocenters. The number of phenols is 2. The lowest BCUT2D eigenvalue weighted by Gasteiger charge is -2.20. The van der Waals surface area contributed by atoms with Crippen LogP contribution < -0.4 is 0 Å². The van der Waals surface area contributed by atoms with Crippen molar-refractivity contribution < 1.29 is 10.2 Å². The number of aromatic hydroxyl groups is 2. The van der Waals surface area contributed by atoms with Crippen LogP contribution >= 0.6 is 0 Å². The van der Waals surface area contributed by atoms with Crippen LogP contribution in [-0.4, -0.2) is 10.2 Å². The first-order valence-electron chi connectivity index (χ1n) is 9.64. The minimum Gasteiger partial charge on any atom is -0.508 e. The van der Waals surface area contributed by atoms with Crippen LogP contribution in [0.25, 0.3) is 11.1 Å². The Morgan fingerprint density at radius 1 is 0.846 bits per heavy atom. The molecule has 2 N–H and O–H groups in total. The molecule has 1 aliphatic rings. The van der Waals surface area contributed by atoms with Crippen LogP contribution in [0.2, 0.25) is 0 Å². The minimum absolute atomic E-state index is 0.301. The van der Waals surface area contributed by atoms with E-state index >= 15 is 0 Å². The maximum absolute atomic E-state index is 10.3. The fourth-order valence-electron chi connectivity index (χ4n) is 3.80. The molecule has 0 heterocycles. The average molecular weight is 348 g/mol. The standard InChI is InChI=1S/C24H28O2/c1-3-5-17(4-2)23-16-21(12-15-24(23)26)20-8-6-18(7-9-20)19-10-13-22(25)14-11-19/h6,8,10-17,25-26H,3-5,7,9H2,1-2H3. The van der Waals surface area contributed by atoms with Crippen molar-refractivity contribution in [3.05, 3.63) is 71.3 Å². The quantitative estimate of drug-likeness (QED) is 0.613. The Kier molecular flexibility index (Phi) is 5.82. The number of allylic oxidation sites excluding steroid dienone is 4. The summed E-state index contributed by atoms with van der Waals surface area (Å²) in [5, 5.41) is 19.8. The van der Waals surface area contributed by atoms with Crippen molar-refractivity contribution in [1.82, 2.24) is 0 Å². The van der Waals surface area contributed by atoms with Gasteiger partial charge in [-0.15, -0.1) is 0 Å². The Labute approximate surface area is 156 Å². The van der Waals surface area contributed by atoms with Gasteiger partial charge in [0, 0.05) is 0 Å². The van der Waals surface area contributed by atoms with Crippen molar-refractivity contribution in [2.75, 3.05) is 0 Å². The summed E-state index contributed by atoms with van der Waals surface area (Å²) in [6.07, 6.45) is 9.64. The predicted molar refractivity (Wildman–Crippen MR) is 109 cm³/mol. The van der Waals surface area contributed by atoms with Gasteiger partial charge < -0.3 is 10.2 Å². The fraction of sp³-hybridized carbons (Fsp3) is 0.333. The Morgan fingerprint density at radius 3 is 2.04 bits per heavy atom. The zero-order valence-corrected chi connectivity index (χ0v) is 15.7. The van der Waals surface area contributed by atoms with Gasteiger partial charge in [-0.05, 0) is 83.7 Å². The summed E-state index contributed by atoms with van der Waals surface area (Å²) in [6.45, 7) is 4.39. The van der Waals surface area contributed by atoms with E-state index in [0.29, 0.717) is 17.4 Å². The Balaban J connectivity index is 1.87. The number of phenolic OH excluding ortho intramolecular Hbond substituents is 2. The molecule has 3 rings (SSSR count). The first kappa shape index (κ1) is 18.3. The zero-order chi connectivity index (χ0) is 18.5. The normalized spacial score (nSPS) is 15.3. The molecule has 1 unspecified atom stereocenters. The average Bonchev–Trinajstić information content (AvgIpc) is 2.67. The highest BCUT2D eigenvalue weighted by Gasteiger charge is 2.16. The summed E-state index contributed by atoms with van der Waals surface area (Å²) in [4.78, 5) is 0. The van der Waals surface area contributed by atoms with Crippen molar-refractivity contribution >= 4 is 11.1 Å². The van der Waals surface area contributed by atoms with Crippen LogP contribution in [0, 0.1) is 0 Å². The fourth-order valence-corrected chi connectivity index (χ4v) is 3.80. The number of hydrogen-bond acceptors (Lipinski definition) is 2. The monoisotopic (exact) mass is 348 g/mol. The van der Waals surface area contributed by atoms with E-state index in [-0.39, 0.29) is 0 Å². The summed E-state index contributed by atoms with van der Waals surface area (Å²) >= 11 is 0. The second kappa shape index (κ2) is 8.27. The number of benzene rings is 2. The SMILES string of the molecule is CCCC(CC)c1cc(C2=CC=C(c3ccc(O)cc3)CC2)ccc1O. The Morgan fingerprint density at radius 2 is 1.46 bits per heavy atom. The van der Waals surface area contributed by atoms with Crippen LogP contribution in [-0.2, 0) is 0 Å². The lowest BCUT2D eigenvalue weighted by molar-refractivity contribution is 0.454. The van der Waals surface area contributed by atoms with E-state index in [2.05, 4.69) is 32.1 Å². The molecule has 2 aromatic carbocycles. The summed E-state index contributed by atoms with van der Waals surface area (Å²) in [7, 11) is 0. The molecule has 0 bridgehead atoms. The van der Waals surface area contributed by atoms with E-state index in [9.17, 15) is 10.2 Å². The molecule has 1 aliphatic carbocycles. The second-order valence-corrected chi connectivity index (χ2v) is 7.10. The highest BCUT2D eigenvalue weighted by atomic mass is 16.3. The third-order valence-corrected chi connectivity index (χ3v) is 5.36. The third kappa shape index (κ3) is 4.01. The minimum atomic E-state index is 0.301. The third-order valence-electron chi connectivity index (χ3n) is 5.36. The smallest absolute Gasteiger partial charge is 0.119 e. The first-order chi connectivity index (χ1) is 12.6. The molecular weight excluding hydrogens is 320 g/mol. The first-order valence-corrected chi connectivity index (χ1v) is 9.64. The molecule has 0 saturated heterocycles. The molecule has 0 radical (unpaired) electrons. The van der Waals surface area contributed by atoms with Crippen LogP contribution in [0.5, 0.6) is 11.5 Å². The maximum Gasteiger partial charge on any atom is 0.119 e. The molecule has 26 heavy (non-hydrogen) atoms.